The Balaban J connectivity index is 1.56. The largest absolute Gasteiger partial charge is 0.492 e. The average Bonchev–Trinajstić information content (AvgIpc) is 2.33. The molecule has 1 aliphatic heterocycles. The Kier molecular flexibility index (Phi) is 4.87. The summed E-state index contributed by atoms with van der Waals surface area (Å²) in [7, 11) is 0. The molecule has 1 heterocycles. The van der Waals surface area contributed by atoms with Crippen LogP contribution < -0.4 is 10.5 Å². The van der Waals surface area contributed by atoms with Crippen LogP contribution in [0.1, 0.15) is 0 Å². The number of carbonyl (C=O) groups excluding carboxylic acids is 1. The van der Waals surface area contributed by atoms with Gasteiger partial charge in [0, 0.05) is 30.6 Å². The fourth-order valence-corrected chi connectivity index (χ4v) is 2.11. The number of likely N-dealkylation sites (tertiary alicyclic amines) is 1. The molecule has 6 heteroatoms. The predicted molar refractivity (Wildman–Crippen MR) is 72.4 cm³/mol. The van der Waals surface area contributed by atoms with E-state index in [1.807, 2.05) is 12.1 Å². The summed E-state index contributed by atoms with van der Waals surface area (Å²) in [6, 6.07) is 7.30. The Hall–Kier alpha value is -1.46. The van der Waals surface area contributed by atoms with Gasteiger partial charge < -0.3 is 15.2 Å². The molecule has 0 aromatic heterocycles. The number of nitrogens with two attached hydrogens (primary N) is 1. The SMILES string of the molecule is NC(=O)OCC1CN(CCOc2ccc(Cl)cc2)C1. The van der Waals surface area contributed by atoms with Crippen LogP contribution in [0, 0.1) is 5.92 Å². The highest BCUT2D eigenvalue weighted by atomic mass is 35.5. The van der Waals surface area contributed by atoms with Gasteiger partial charge in [-0.15, -0.1) is 0 Å². The maximum absolute atomic E-state index is 10.4. The van der Waals surface area contributed by atoms with Crippen molar-refractivity contribution in [3.63, 3.8) is 0 Å². The van der Waals surface area contributed by atoms with Crippen LogP contribution in [0.2, 0.25) is 5.02 Å². The number of rotatable bonds is 6. The summed E-state index contributed by atoms with van der Waals surface area (Å²) in [4.78, 5) is 12.7. The Morgan fingerprint density at radius 2 is 2.05 bits per heavy atom. The molecule has 104 valence electrons. The first-order valence-electron chi connectivity index (χ1n) is 6.16. The van der Waals surface area contributed by atoms with Gasteiger partial charge in [0.1, 0.15) is 12.4 Å². The molecule has 1 fully saturated rings. The predicted octanol–water partition coefficient (Wildman–Crippen LogP) is 1.75. The summed E-state index contributed by atoms with van der Waals surface area (Å²) in [5.41, 5.74) is 4.91. The van der Waals surface area contributed by atoms with E-state index in [2.05, 4.69) is 4.90 Å². The van der Waals surface area contributed by atoms with Crippen molar-refractivity contribution in [3.8, 4) is 5.75 Å². The molecule has 1 aromatic rings. The number of halogens is 1. The molecule has 0 radical (unpaired) electrons. The quantitative estimate of drug-likeness (QED) is 0.864. The third-order valence-corrected chi connectivity index (χ3v) is 3.24. The molecule has 1 saturated heterocycles. The van der Waals surface area contributed by atoms with E-state index in [4.69, 9.17) is 26.8 Å². The zero-order chi connectivity index (χ0) is 13.7. The Bertz CT molecular complexity index is 418. The molecule has 2 N–H and O–H groups in total. The normalized spacial score (nSPS) is 15.8. The van der Waals surface area contributed by atoms with Crippen LogP contribution >= 0.6 is 11.6 Å². The first-order chi connectivity index (χ1) is 9.13. The monoisotopic (exact) mass is 284 g/mol. The molecule has 1 amide bonds. The molecule has 2 rings (SSSR count). The molecular weight excluding hydrogens is 268 g/mol. The number of benzene rings is 1. The molecule has 1 aliphatic rings. The molecule has 5 nitrogen and oxygen atoms in total. The van der Waals surface area contributed by atoms with Gasteiger partial charge in [0.15, 0.2) is 0 Å². The summed E-state index contributed by atoms with van der Waals surface area (Å²) in [5.74, 6) is 1.21. The Labute approximate surface area is 117 Å². The van der Waals surface area contributed by atoms with Crippen LogP contribution in [0.15, 0.2) is 24.3 Å². The number of carbonyl (C=O) groups is 1. The fourth-order valence-electron chi connectivity index (χ4n) is 1.99. The van der Waals surface area contributed by atoms with Gasteiger partial charge in [-0.3, -0.25) is 4.90 Å². The van der Waals surface area contributed by atoms with Crippen LogP contribution in [0.4, 0.5) is 4.79 Å². The van der Waals surface area contributed by atoms with Crippen molar-refractivity contribution < 1.29 is 14.3 Å². The van der Waals surface area contributed by atoms with Crippen molar-refractivity contribution in [2.45, 2.75) is 0 Å². The number of hydrogen-bond donors (Lipinski definition) is 1. The van der Waals surface area contributed by atoms with E-state index in [1.54, 1.807) is 12.1 Å². The van der Waals surface area contributed by atoms with Crippen LogP contribution in [0.3, 0.4) is 0 Å². The number of nitrogens with zero attached hydrogens (tertiary/aromatic N) is 1. The minimum absolute atomic E-state index is 0.392. The lowest BCUT2D eigenvalue weighted by Gasteiger charge is -2.38. The highest BCUT2D eigenvalue weighted by molar-refractivity contribution is 6.30. The van der Waals surface area contributed by atoms with Crippen molar-refractivity contribution in [1.29, 1.82) is 0 Å². The molecular formula is C13H17ClN2O3. The van der Waals surface area contributed by atoms with E-state index < -0.39 is 6.09 Å². The number of ether oxygens (including phenoxy) is 2. The second kappa shape index (κ2) is 6.63. The molecule has 0 aliphatic carbocycles. The summed E-state index contributed by atoms with van der Waals surface area (Å²) >= 11 is 5.79. The highest BCUT2D eigenvalue weighted by Gasteiger charge is 2.27. The number of hydrogen-bond acceptors (Lipinski definition) is 4. The van der Waals surface area contributed by atoms with Gasteiger partial charge in [0.2, 0.25) is 0 Å². The average molecular weight is 285 g/mol. The van der Waals surface area contributed by atoms with Crippen molar-refractivity contribution in [2.24, 2.45) is 11.7 Å². The van der Waals surface area contributed by atoms with Crippen molar-refractivity contribution in [3.05, 3.63) is 29.3 Å². The van der Waals surface area contributed by atoms with Gasteiger partial charge in [0.05, 0.1) is 6.61 Å². The fraction of sp³-hybridized carbons (Fsp3) is 0.462. The van der Waals surface area contributed by atoms with Gasteiger partial charge in [-0.1, -0.05) is 11.6 Å². The van der Waals surface area contributed by atoms with Crippen molar-refractivity contribution in [1.82, 2.24) is 4.90 Å². The lowest BCUT2D eigenvalue weighted by atomic mass is 10.0. The van der Waals surface area contributed by atoms with Crippen LogP contribution in [0.25, 0.3) is 0 Å². The summed E-state index contributed by atoms with van der Waals surface area (Å²) in [6.07, 6.45) is -0.704. The van der Waals surface area contributed by atoms with Gasteiger partial charge in [-0.05, 0) is 24.3 Å². The van der Waals surface area contributed by atoms with Gasteiger partial charge in [-0.2, -0.15) is 0 Å². The number of amides is 1. The van der Waals surface area contributed by atoms with E-state index in [0.29, 0.717) is 24.2 Å². The van der Waals surface area contributed by atoms with Crippen molar-refractivity contribution >= 4 is 17.7 Å². The van der Waals surface area contributed by atoms with E-state index in [-0.39, 0.29) is 0 Å². The minimum atomic E-state index is -0.704. The topological polar surface area (TPSA) is 64.8 Å². The lowest BCUT2D eigenvalue weighted by Crippen LogP contribution is -2.50. The molecule has 0 bridgehead atoms. The molecule has 0 spiro atoms. The summed E-state index contributed by atoms with van der Waals surface area (Å²) in [6.45, 7) is 3.72. The number of primary amides is 1. The Morgan fingerprint density at radius 1 is 1.37 bits per heavy atom. The first kappa shape index (κ1) is 14.0. The van der Waals surface area contributed by atoms with E-state index in [0.717, 1.165) is 25.4 Å². The maximum atomic E-state index is 10.4. The zero-order valence-electron chi connectivity index (χ0n) is 10.5. The van der Waals surface area contributed by atoms with E-state index >= 15 is 0 Å². The van der Waals surface area contributed by atoms with Gasteiger partial charge >= 0.3 is 6.09 Å². The molecule has 0 atom stereocenters. The van der Waals surface area contributed by atoms with Gasteiger partial charge in [0.25, 0.3) is 0 Å². The van der Waals surface area contributed by atoms with Crippen molar-refractivity contribution in [2.75, 3.05) is 32.8 Å². The minimum Gasteiger partial charge on any atom is -0.492 e. The van der Waals surface area contributed by atoms with Crippen LogP contribution in [-0.2, 0) is 4.74 Å². The Morgan fingerprint density at radius 3 is 2.68 bits per heavy atom. The first-order valence-corrected chi connectivity index (χ1v) is 6.54. The third-order valence-electron chi connectivity index (χ3n) is 2.98. The molecule has 0 unspecified atom stereocenters. The lowest BCUT2D eigenvalue weighted by molar-refractivity contribution is 0.0352. The van der Waals surface area contributed by atoms with Crippen LogP contribution in [0.5, 0.6) is 5.75 Å². The van der Waals surface area contributed by atoms with Gasteiger partial charge in [-0.25, -0.2) is 4.79 Å². The molecule has 0 saturated carbocycles. The maximum Gasteiger partial charge on any atom is 0.404 e. The molecule has 19 heavy (non-hydrogen) atoms. The van der Waals surface area contributed by atoms with E-state index in [9.17, 15) is 4.79 Å². The summed E-state index contributed by atoms with van der Waals surface area (Å²) < 4.78 is 10.3. The zero-order valence-corrected chi connectivity index (χ0v) is 11.3. The van der Waals surface area contributed by atoms with E-state index in [1.165, 1.54) is 0 Å². The third kappa shape index (κ3) is 4.61. The second-order valence-corrected chi connectivity index (χ2v) is 4.99. The molecule has 1 aromatic carbocycles. The smallest absolute Gasteiger partial charge is 0.404 e. The highest BCUT2D eigenvalue weighted by Crippen LogP contribution is 2.17. The standard InChI is InChI=1S/C13H17ClN2O3/c14-11-1-3-12(4-2-11)18-6-5-16-7-10(8-16)9-19-13(15)17/h1-4,10H,5-9H2,(H2,15,17). The second-order valence-electron chi connectivity index (χ2n) is 4.56. The van der Waals surface area contributed by atoms with Crippen LogP contribution in [-0.4, -0.2) is 43.8 Å². The summed E-state index contributed by atoms with van der Waals surface area (Å²) in [5, 5.41) is 0.701.